The molecule has 0 aliphatic rings. The summed E-state index contributed by atoms with van der Waals surface area (Å²) in [5.41, 5.74) is 8.09. The summed E-state index contributed by atoms with van der Waals surface area (Å²) in [5.74, 6) is 0. The maximum absolute atomic E-state index is 2.31. The van der Waals surface area contributed by atoms with Gasteiger partial charge >= 0.3 is 0 Å². The fourth-order valence-electron chi connectivity index (χ4n) is 2.47. The van der Waals surface area contributed by atoms with Gasteiger partial charge in [0, 0.05) is 0 Å². The summed E-state index contributed by atoms with van der Waals surface area (Å²) in [6.45, 7) is 8.74. The fourth-order valence-corrected chi connectivity index (χ4v) is 2.47. The van der Waals surface area contributed by atoms with Gasteiger partial charge < -0.3 is 0 Å². The van der Waals surface area contributed by atoms with Crippen molar-refractivity contribution in [3.05, 3.63) is 70.3 Å². The number of aryl methyl sites for hydroxylation is 3. The molecule has 2 rings (SSSR count). The first-order valence-electron chi connectivity index (χ1n) is 6.95. The van der Waals surface area contributed by atoms with Crippen molar-refractivity contribution >= 4 is 11.6 Å². The molecule has 0 heteroatoms. The highest BCUT2D eigenvalue weighted by Gasteiger charge is 2.03. The van der Waals surface area contributed by atoms with Crippen LogP contribution in [0.15, 0.2) is 42.5 Å². The van der Waals surface area contributed by atoms with E-state index in [4.69, 9.17) is 0 Å². The molecule has 0 heterocycles. The first kappa shape index (κ1) is 13.6. The average Bonchev–Trinajstić information content (AvgIpc) is 2.42. The van der Waals surface area contributed by atoms with E-state index < -0.39 is 0 Å². The summed E-state index contributed by atoms with van der Waals surface area (Å²) < 4.78 is 0. The summed E-state index contributed by atoms with van der Waals surface area (Å²) in [5, 5.41) is 0. The van der Waals surface area contributed by atoms with E-state index in [9.17, 15) is 0 Å². The van der Waals surface area contributed by atoms with Gasteiger partial charge in [-0.1, -0.05) is 61.0 Å². The van der Waals surface area contributed by atoms with Crippen molar-refractivity contribution < 1.29 is 0 Å². The standard InChI is InChI=1S/C19H22/c1-5-17-8-6-7-9-18(17)13-16(4)19-12-14(2)10-11-15(19)3/h6-13H,5H2,1-4H3/b16-13+. The molecule has 0 aliphatic heterocycles. The molecule has 0 saturated heterocycles. The molecular weight excluding hydrogens is 228 g/mol. The largest absolute Gasteiger partial charge is 0.0620 e. The van der Waals surface area contributed by atoms with Gasteiger partial charge in [-0.25, -0.2) is 0 Å². The Bertz CT molecular complexity index is 603. The van der Waals surface area contributed by atoms with Crippen molar-refractivity contribution in [2.45, 2.75) is 34.1 Å². The van der Waals surface area contributed by atoms with Crippen LogP contribution in [0.25, 0.3) is 11.6 Å². The number of allylic oxidation sites excluding steroid dienone is 1. The molecule has 0 aromatic heterocycles. The van der Waals surface area contributed by atoms with E-state index >= 15 is 0 Å². The van der Waals surface area contributed by atoms with Gasteiger partial charge in [-0.05, 0) is 55.0 Å². The Balaban J connectivity index is 2.45. The van der Waals surface area contributed by atoms with Crippen LogP contribution in [-0.2, 0) is 6.42 Å². The van der Waals surface area contributed by atoms with Crippen LogP contribution in [0.1, 0.15) is 41.7 Å². The predicted octanol–water partition coefficient (Wildman–Crippen LogP) is 5.43. The monoisotopic (exact) mass is 250 g/mol. The molecule has 0 unspecified atom stereocenters. The number of rotatable bonds is 3. The van der Waals surface area contributed by atoms with Crippen molar-refractivity contribution in [2.24, 2.45) is 0 Å². The van der Waals surface area contributed by atoms with Crippen molar-refractivity contribution in [1.82, 2.24) is 0 Å². The summed E-state index contributed by atoms with van der Waals surface area (Å²) in [6.07, 6.45) is 3.38. The van der Waals surface area contributed by atoms with Gasteiger partial charge in [-0.3, -0.25) is 0 Å². The topological polar surface area (TPSA) is 0 Å². The van der Waals surface area contributed by atoms with Crippen molar-refractivity contribution in [3.63, 3.8) is 0 Å². The molecule has 2 aromatic carbocycles. The second-order valence-corrected chi connectivity index (χ2v) is 5.20. The van der Waals surface area contributed by atoms with Gasteiger partial charge in [-0.15, -0.1) is 0 Å². The van der Waals surface area contributed by atoms with Crippen molar-refractivity contribution in [1.29, 1.82) is 0 Å². The Labute approximate surface area is 116 Å². The minimum absolute atomic E-state index is 1.08. The normalized spacial score (nSPS) is 11.7. The Kier molecular flexibility index (Phi) is 4.21. The molecule has 0 radical (unpaired) electrons. The molecule has 98 valence electrons. The lowest BCUT2D eigenvalue weighted by Crippen LogP contribution is -1.89. The van der Waals surface area contributed by atoms with Gasteiger partial charge in [0.15, 0.2) is 0 Å². The highest BCUT2D eigenvalue weighted by atomic mass is 14.1. The lowest BCUT2D eigenvalue weighted by atomic mass is 9.96. The van der Waals surface area contributed by atoms with Gasteiger partial charge in [0.1, 0.15) is 0 Å². The third-order valence-corrected chi connectivity index (χ3v) is 3.63. The second kappa shape index (κ2) is 5.88. The van der Waals surface area contributed by atoms with E-state index in [2.05, 4.69) is 76.2 Å². The van der Waals surface area contributed by atoms with Crippen LogP contribution in [-0.4, -0.2) is 0 Å². The summed E-state index contributed by atoms with van der Waals surface area (Å²) in [4.78, 5) is 0. The van der Waals surface area contributed by atoms with Crippen LogP contribution in [0.4, 0.5) is 0 Å². The van der Waals surface area contributed by atoms with Crippen LogP contribution in [0, 0.1) is 13.8 Å². The molecular formula is C19H22. The average molecular weight is 250 g/mol. The number of hydrogen-bond acceptors (Lipinski definition) is 0. The number of benzene rings is 2. The maximum atomic E-state index is 2.31. The molecule has 19 heavy (non-hydrogen) atoms. The number of hydrogen-bond donors (Lipinski definition) is 0. The SMILES string of the molecule is CCc1ccccc1/C=C(\C)c1cc(C)ccc1C. The van der Waals surface area contributed by atoms with Crippen LogP contribution < -0.4 is 0 Å². The zero-order valence-corrected chi connectivity index (χ0v) is 12.3. The Hall–Kier alpha value is -1.82. The molecule has 0 nitrogen and oxygen atoms in total. The van der Waals surface area contributed by atoms with Crippen molar-refractivity contribution in [3.8, 4) is 0 Å². The van der Waals surface area contributed by atoms with Crippen LogP contribution in [0.2, 0.25) is 0 Å². The lowest BCUT2D eigenvalue weighted by Gasteiger charge is -2.09. The maximum Gasteiger partial charge on any atom is -0.0195 e. The fraction of sp³-hybridized carbons (Fsp3) is 0.263. The zero-order valence-electron chi connectivity index (χ0n) is 12.3. The van der Waals surface area contributed by atoms with E-state index in [0.29, 0.717) is 0 Å². The molecule has 2 aromatic rings. The lowest BCUT2D eigenvalue weighted by molar-refractivity contribution is 1.13. The van der Waals surface area contributed by atoms with Crippen LogP contribution in [0.5, 0.6) is 0 Å². The van der Waals surface area contributed by atoms with E-state index in [0.717, 1.165) is 6.42 Å². The molecule has 0 amide bonds. The highest BCUT2D eigenvalue weighted by Crippen LogP contribution is 2.23. The van der Waals surface area contributed by atoms with Gasteiger partial charge in [-0.2, -0.15) is 0 Å². The van der Waals surface area contributed by atoms with Gasteiger partial charge in [0.05, 0.1) is 0 Å². The summed E-state index contributed by atoms with van der Waals surface area (Å²) >= 11 is 0. The first-order chi connectivity index (χ1) is 9.11. The van der Waals surface area contributed by atoms with Gasteiger partial charge in [0.2, 0.25) is 0 Å². The Morgan fingerprint density at radius 2 is 1.79 bits per heavy atom. The third kappa shape index (κ3) is 3.14. The van der Waals surface area contributed by atoms with Crippen molar-refractivity contribution in [2.75, 3.05) is 0 Å². The minimum atomic E-state index is 1.08. The summed E-state index contributed by atoms with van der Waals surface area (Å²) in [6, 6.07) is 15.3. The molecule has 0 fully saturated rings. The van der Waals surface area contributed by atoms with E-state index in [1.54, 1.807) is 0 Å². The zero-order chi connectivity index (χ0) is 13.8. The quantitative estimate of drug-likeness (QED) is 0.637. The Morgan fingerprint density at radius 1 is 1.05 bits per heavy atom. The molecule has 0 saturated carbocycles. The van der Waals surface area contributed by atoms with E-state index in [-0.39, 0.29) is 0 Å². The van der Waals surface area contributed by atoms with E-state index in [1.807, 2.05) is 0 Å². The van der Waals surface area contributed by atoms with Crippen LogP contribution in [0.3, 0.4) is 0 Å². The molecule has 0 aliphatic carbocycles. The van der Waals surface area contributed by atoms with E-state index in [1.165, 1.54) is 33.4 Å². The predicted molar refractivity (Wildman–Crippen MR) is 85.3 cm³/mol. The minimum Gasteiger partial charge on any atom is -0.0620 e. The smallest absolute Gasteiger partial charge is 0.0195 e. The van der Waals surface area contributed by atoms with Gasteiger partial charge in [0.25, 0.3) is 0 Å². The second-order valence-electron chi connectivity index (χ2n) is 5.20. The molecule has 0 bridgehead atoms. The Morgan fingerprint density at radius 3 is 2.53 bits per heavy atom. The first-order valence-corrected chi connectivity index (χ1v) is 6.95. The molecule has 0 spiro atoms. The summed E-state index contributed by atoms with van der Waals surface area (Å²) in [7, 11) is 0. The van der Waals surface area contributed by atoms with Crippen LogP contribution >= 0.6 is 0 Å². The molecule has 0 N–H and O–H groups in total. The molecule has 0 atom stereocenters. The highest BCUT2D eigenvalue weighted by molar-refractivity contribution is 5.82. The third-order valence-electron chi connectivity index (χ3n) is 3.63.